The molecule has 1 aromatic rings. The average Bonchev–Trinajstić information content (AvgIpc) is 2.39. The summed E-state index contributed by atoms with van der Waals surface area (Å²) in [7, 11) is 0. The molecule has 0 heterocycles. The molecule has 0 aliphatic rings. The Hall–Kier alpha value is -1.74. The van der Waals surface area contributed by atoms with Crippen LogP contribution in [-0.2, 0) is 0 Å². The zero-order chi connectivity index (χ0) is 12.5. The Morgan fingerprint density at radius 1 is 0.625 bits per heavy atom. The lowest BCUT2D eigenvalue weighted by Gasteiger charge is -1.69. The highest BCUT2D eigenvalue weighted by molar-refractivity contribution is 4.99. The van der Waals surface area contributed by atoms with Crippen molar-refractivity contribution >= 4 is 0 Å². The molecule has 0 aliphatic carbocycles. The number of benzene rings is 1. The van der Waals surface area contributed by atoms with E-state index in [1.54, 1.807) is 0 Å². The van der Waals surface area contributed by atoms with Crippen LogP contribution in [0.15, 0.2) is 60.7 Å². The molecular weight excluding hydrogens is 192 g/mol. The lowest BCUT2D eigenvalue weighted by Crippen LogP contribution is -1.47. The Bertz CT molecular complexity index is 264. The van der Waals surface area contributed by atoms with Crippen LogP contribution in [0.2, 0.25) is 0 Å². The fourth-order valence-corrected chi connectivity index (χ4v) is 0.607. The second-order valence-corrected chi connectivity index (χ2v) is 2.71. The normalized spacial score (nSPS) is 8.25. The van der Waals surface area contributed by atoms with Crippen molar-refractivity contribution in [2.24, 2.45) is 0 Å². The lowest BCUT2D eigenvalue weighted by atomic mass is 10.4. The maximum absolute atomic E-state index is 2.68. The number of rotatable bonds is 1. The number of allylic oxidation sites excluding steroid dienone is 4. The summed E-state index contributed by atoms with van der Waals surface area (Å²) >= 11 is 0. The monoisotopic (exact) mass is 214 g/mol. The first-order chi connectivity index (χ1) is 7.83. The van der Waals surface area contributed by atoms with Crippen molar-refractivity contribution in [3.05, 3.63) is 60.7 Å². The molecule has 0 aromatic heterocycles. The first-order valence-electron chi connectivity index (χ1n) is 5.40. The molecule has 0 saturated carbocycles. The summed E-state index contributed by atoms with van der Waals surface area (Å²) < 4.78 is 0. The van der Waals surface area contributed by atoms with Gasteiger partial charge in [0.1, 0.15) is 0 Å². The lowest BCUT2D eigenvalue weighted by molar-refractivity contribution is 1.69. The Labute approximate surface area is 101 Å². The molecule has 0 bridgehead atoms. The molecule has 0 N–H and O–H groups in total. The molecule has 0 saturated heterocycles. The summed E-state index contributed by atoms with van der Waals surface area (Å²) in [5, 5.41) is 0. The van der Waals surface area contributed by atoms with Crippen molar-refractivity contribution in [3.63, 3.8) is 0 Å². The third kappa shape index (κ3) is 22.8. The molecule has 16 heavy (non-hydrogen) atoms. The van der Waals surface area contributed by atoms with Gasteiger partial charge in [0, 0.05) is 0 Å². The molecule has 0 amide bonds. The van der Waals surface area contributed by atoms with Crippen molar-refractivity contribution in [1.82, 2.24) is 0 Å². The summed E-state index contributed by atoms with van der Waals surface area (Å²) in [5.74, 6) is 5.36. The fraction of sp³-hybridized carbons (Fsp3) is 0.250. The van der Waals surface area contributed by atoms with Crippen LogP contribution in [0.4, 0.5) is 0 Å². The average molecular weight is 214 g/mol. The zero-order valence-electron chi connectivity index (χ0n) is 10.8. The van der Waals surface area contributed by atoms with E-state index in [4.69, 9.17) is 0 Å². The van der Waals surface area contributed by atoms with E-state index in [-0.39, 0.29) is 0 Å². The third-order valence-corrected chi connectivity index (χ3v) is 1.41. The van der Waals surface area contributed by atoms with E-state index >= 15 is 0 Å². The van der Waals surface area contributed by atoms with Gasteiger partial charge in [0.15, 0.2) is 0 Å². The number of hydrogen-bond donors (Lipinski definition) is 0. The van der Waals surface area contributed by atoms with Gasteiger partial charge in [-0.15, -0.1) is 11.8 Å². The quantitative estimate of drug-likeness (QED) is 0.463. The standard InChI is InChI=1S/C6H6.C6H10.C4H6/c1-2-4-6-5-3-1;1-3-5-6-4-2;1-3-4-2/h1-6H;3-6H,1-2H3;1-2H3/b;5-3-,6-4-;. The van der Waals surface area contributed by atoms with Crippen LogP contribution >= 0.6 is 0 Å². The van der Waals surface area contributed by atoms with Gasteiger partial charge in [-0.25, -0.2) is 0 Å². The summed E-state index contributed by atoms with van der Waals surface area (Å²) in [4.78, 5) is 0. The highest BCUT2D eigenvalue weighted by Gasteiger charge is 1.57. The van der Waals surface area contributed by atoms with Crippen LogP contribution in [0, 0.1) is 11.8 Å². The van der Waals surface area contributed by atoms with Gasteiger partial charge in [-0.05, 0) is 27.7 Å². The molecule has 0 radical (unpaired) electrons. The minimum atomic E-state index is 1.82. The topological polar surface area (TPSA) is 0 Å². The van der Waals surface area contributed by atoms with E-state index in [0.717, 1.165) is 0 Å². The van der Waals surface area contributed by atoms with Crippen LogP contribution in [0.3, 0.4) is 0 Å². The fourth-order valence-electron chi connectivity index (χ4n) is 0.607. The van der Waals surface area contributed by atoms with Crippen LogP contribution in [0.25, 0.3) is 0 Å². The molecule has 0 nitrogen and oxygen atoms in total. The van der Waals surface area contributed by atoms with Crippen molar-refractivity contribution < 1.29 is 0 Å². The second kappa shape index (κ2) is 18.9. The Morgan fingerprint density at radius 2 is 0.875 bits per heavy atom. The van der Waals surface area contributed by atoms with Crippen molar-refractivity contribution in [2.45, 2.75) is 27.7 Å². The van der Waals surface area contributed by atoms with Gasteiger partial charge in [-0.1, -0.05) is 60.7 Å². The first-order valence-corrected chi connectivity index (χ1v) is 5.40. The molecule has 0 heteroatoms. The van der Waals surface area contributed by atoms with E-state index in [9.17, 15) is 0 Å². The summed E-state index contributed by atoms with van der Waals surface area (Å²) in [5.41, 5.74) is 0. The molecule has 0 unspecified atom stereocenters. The molecule has 0 aliphatic heterocycles. The van der Waals surface area contributed by atoms with Crippen LogP contribution in [0.5, 0.6) is 0 Å². The van der Waals surface area contributed by atoms with Crippen LogP contribution in [-0.4, -0.2) is 0 Å². The molecule has 86 valence electrons. The predicted octanol–water partition coefficient (Wildman–Crippen LogP) is 4.85. The van der Waals surface area contributed by atoms with E-state index < -0.39 is 0 Å². The van der Waals surface area contributed by atoms with Gasteiger partial charge >= 0.3 is 0 Å². The van der Waals surface area contributed by atoms with Crippen molar-refractivity contribution in [2.75, 3.05) is 0 Å². The SMILES string of the molecule is C/C=C\C=C/C.CC#CC.c1ccccc1. The van der Waals surface area contributed by atoms with Gasteiger partial charge in [-0.3, -0.25) is 0 Å². The van der Waals surface area contributed by atoms with Gasteiger partial charge in [-0.2, -0.15) is 0 Å². The second-order valence-electron chi connectivity index (χ2n) is 2.71. The van der Waals surface area contributed by atoms with Crippen molar-refractivity contribution in [1.29, 1.82) is 0 Å². The number of hydrogen-bond acceptors (Lipinski definition) is 0. The molecular formula is C16H22. The smallest absolute Gasteiger partial charge is 0.00271 e. The Balaban J connectivity index is 0. The van der Waals surface area contributed by atoms with E-state index in [1.807, 2.05) is 88.4 Å². The summed E-state index contributed by atoms with van der Waals surface area (Å²) in [6, 6.07) is 12.0. The molecule has 1 aromatic carbocycles. The predicted molar refractivity (Wildman–Crippen MR) is 75.2 cm³/mol. The van der Waals surface area contributed by atoms with Gasteiger partial charge in [0.2, 0.25) is 0 Å². The van der Waals surface area contributed by atoms with Gasteiger partial charge < -0.3 is 0 Å². The Kier molecular flexibility index (Phi) is 19.7. The minimum absolute atomic E-state index is 1.82. The summed E-state index contributed by atoms with van der Waals surface area (Å²) in [6.45, 7) is 7.64. The molecule has 0 spiro atoms. The third-order valence-electron chi connectivity index (χ3n) is 1.41. The van der Waals surface area contributed by atoms with Crippen molar-refractivity contribution in [3.8, 4) is 11.8 Å². The maximum atomic E-state index is 2.68. The molecule has 0 fully saturated rings. The largest absolute Gasteiger partial charge is 0.107 e. The highest BCUT2D eigenvalue weighted by atomic mass is 13.6. The van der Waals surface area contributed by atoms with Gasteiger partial charge in [0.25, 0.3) is 0 Å². The van der Waals surface area contributed by atoms with E-state index in [2.05, 4.69) is 11.8 Å². The Morgan fingerprint density at radius 3 is 1.00 bits per heavy atom. The molecule has 0 atom stereocenters. The zero-order valence-corrected chi connectivity index (χ0v) is 10.8. The summed E-state index contributed by atoms with van der Waals surface area (Å²) in [6.07, 6.45) is 8.00. The minimum Gasteiger partial charge on any atom is -0.107 e. The first kappa shape index (κ1) is 16.7. The van der Waals surface area contributed by atoms with Gasteiger partial charge in [0.05, 0.1) is 0 Å². The maximum Gasteiger partial charge on any atom is -0.00271 e. The van der Waals surface area contributed by atoms with E-state index in [0.29, 0.717) is 0 Å². The van der Waals surface area contributed by atoms with Crippen LogP contribution < -0.4 is 0 Å². The van der Waals surface area contributed by atoms with Crippen LogP contribution in [0.1, 0.15) is 27.7 Å². The highest BCUT2D eigenvalue weighted by Crippen LogP contribution is 1.79. The van der Waals surface area contributed by atoms with E-state index in [1.165, 1.54) is 0 Å². The molecule has 1 rings (SSSR count).